The van der Waals surface area contributed by atoms with Gasteiger partial charge < -0.3 is 4.90 Å². The Kier molecular flexibility index (Phi) is 1.50. The highest BCUT2D eigenvalue weighted by Crippen LogP contribution is 2.29. The first-order valence-electron chi connectivity index (χ1n) is 4.56. The number of pyridine rings is 1. The summed E-state index contributed by atoms with van der Waals surface area (Å²) in [5.74, 6) is 0. The van der Waals surface area contributed by atoms with Gasteiger partial charge in [0.05, 0.1) is 18.4 Å². The minimum absolute atomic E-state index is 0.851. The van der Waals surface area contributed by atoms with Crippen LogP contribution in [0, 0.1) is 0 Å². The van der Waals surface area contributed by atoms with E-state index in [1.54, 1.807) is 0 Å². The topological polar surface area (TPSA) is 28.5 Å². The van der Waals surface area contributed by atoms with Gasteiger partial charge in [0, 0.05) is 35.9 Å². The van der Waals surface area contributed by atoms with Gasteiger partial charge in [0.15, 0.2) is 0 Å². The van der Waals surface area contributed by atoms with Crippen molar-refractivity contribution in [1.82, 2.24) is 9.88 Å². The maximum absolute atomic E-state index is 4.18. The van der Waals surface area contributed by atoms with Gasteiger partial charge in [0.1, 0.15) is 0 Å². The average Bonchev–Trinajstić information content (AvgIpc) is 2.29. The normalized spacial score (nSPS) is 17.4. The molecule has 0 unspecified atom stereocenters. The number of aliphatic imine (C=N–C) groups is 1. The molecule has 2 aliphatic rings. The second-order valence-corrected chi connectivity index (χ2v) is 3.28. The lowest BCUT2D eigenvalue weighted by molar-refractivity contribution is 0.606. The van der Waals surface area contributed by atoms with Crippen LogP contribution in [0.4, 0.5) is 0 Å². The van der Waals surface area contributed by atoms with E-state index in [0.717, 1.165) is 17.8 Å². The number of rotatable bonds is 0. The monoisotopic (exact) mass is 183 g/mol. The van der Waals surface area contributed by atoms with Crippen molar-refractivity contribution in [2.75, 3.05) is 6.54 Å². The van der Waals surface area contributed by atoms with E-state index in [9.17, 15) is 0 Å². The number of fused-ring (bicyclic) bond motifs is 3. The van der Waals surface area contributed by atoms with Gasteiger partial charge in [-0.25, -0.2) is 0 Å². The van der Waals surface area contributed by atoms with Crippen LogP contribution in [0.25, 0.3) is 11.8 Å². The molecule has 0 spiro atoms. The summed E-state index contributed by atoms with van der Waals surface area (Å²) in [6.07, 6.45) is 11.6. The lowest BCUT2D eigenvalue weighted by atomic mass is 10.0. The Bertz CT molecular complexity index is 457. The zero-order valence-corrected chi connectivity index (χ0v) is 7.59. The predicted octanol–water partition coefficient (Wildman–Crippen LogP) is 1.75. The Morgan fingerprint density at radius 2 is 2.36 bits per heavy atom. The minimum atomic E-state index is 0.851. The summed E-state index contributed by atoms with van der Waals surface area (Å²) in [4.78, 5) is 10.5. The van der Waals surface area contributed by atoms with Crippen molar-refractivity contribution >= 4 is 18.0 Å². The molecule has 1 aromatic heterocycles. The van der Waals surface area contributed by atoms with Crippen molar-refractivity contribution in [3.05, 3.63) is 42.0 Å². The fourth-order valence-corrected chi connectivity index (χ4v) is 1.74. The maximum atomic E-state index is 4.18. The fourth-order valence-electron chi connectivity index (χ4n) is 1.74. The zero-order valence-electron chi connectivity index (χ0n) is 7.59. The molecule has 2 aliphatic heterocycles. The van der Waals surface area contributed by atoms with Crippen LogP contribution in [0.3, 0.4) is 0 Å². The largest absolute Gasteiger partial charge is 0.341 e. The molecule has 1 aromatic rings. The summed E-state index contributed by atoms with van der Waals surface area (Å²) < 4.78 is 0. The van der Waals surface area contributed by atoms with E-state index in [1.807, 2.05) is 30.9 Å². The molecule has 0 aromatic carbocycles. The van der Waals surface area contributed by atoms with Crippen LogP contribution in [-0.2, 0) is 0 Å². The van der Waals surface area contributed by atoms with Gasteiger partial charge in [-0.1, -0.05) is 0 Å². The van der Waals surface area contributed by atoms with Crippen molar-refractivity contribution < 1.29 is 0 Å². The summed E-state index contributed by atoms with van der Waals surface area (Å²) in [5, 5.41) is 0. The summed E-state index contributed by atoms with van der Waals surface area (Å²) in [6, 6.07) is 2.03. The maximum Gasteiger partial charge on any atom is 0.0676 e. The van der Waals surface area contributed by atoms with Gasteiger partial charge in [0.2, 0.25) is 0 Å². The van der Waals surface area contributed by atoms with Gasteiger partial charge in [-0.05, 0) is 12.1 Å². The Hall–Kier alpha value is -1.90. The summed E-state index contributed by atoms with van der Waals surface area (Å²) >= 11 is 0. The van der Waals surface area contributed by atoms with Gasteiger partial charge >= 0.3 is 0 Å². The third kappa shape index (κ3) is 0.988. The Morgan fingerprint density at radius 3 is 3.36 bits per heavy atom. The van der Waals surface area contributed by atoms with Crippen LogP contribution >= 0.6 is 0 Å². The molecule has 68 valence electrons. The van der Waals surface area contributed by atoms with Crippen LogP contribution in [0.5, 0.6) is 0 Å². The van der Waals surface area contributed by atoms with Crippen molar-refractivity contribution in [2.24, 2.45) is 4.99 Å². The molecule has 0 aliphatic carbocycles. The van der Waals surface area contributed by atoms with Gasteiger partial charge in [-0.2, -0.15) is 0 Å². The molecule has 0 bridgehead atoms. The Morgan fingerprint density at radius 1 is 1.36 bits per heavy atom. The zero-order chi connectivity index (χ0) is 9.38. The number of nitrogens with zero attached hydrogens (tertiary/aromatic N) is 3. The molecule has 0 radical (unpaired) electrons. The highest BCUT2D eigenvalue weighted by Gasteiger charge is 2.17. The standard InChI is InChI=1S/C11H9N3/c1-3-12-7-9-2-5-14-6-4-13-8-11(14)10(1)9/h1-5,7-8H,6H2. The molecule has 3 rings (SSSR count). The molecule has 0 N–H and O–H groups in total. The first kappa shape index (κ1) is 7.50. The quantitative estimate of drug-likeness (QED) is 0.613. The predicted molar refractivity (Wildman–Crippen MR) is 56.4 cm³/mol. The van der Waals surface area contributed by atoms with Crippen molar-refractivity contribution in [1.29, 1.82) is 0 Å². The molecule has 3 nitrogen and oxygen atoms in total. The SMILES string of the molecule is C1=CN2CC=NC=C2c2ccncc21. The van der Waals surface area contributed by atoms with E-state index in [-0.39, 0.29) is 0 Å². The van der Waals surface area contributed by atoms with Crippen LogP contribution in [0.1, 0.15) is 11.1 Å². The molecule has 0 saturated heterocycles. The van der Waals surface area contributed by atoms with Crippen molar-refractivity contribution in [2.45, 2.75) is 0 Å². The van der Waals surface area contributed by atoms with E-state index in [1.165, 1.54) is 5.56 Å². The van der Waals surface area contributed by atoms with Gasteiger partial charge in [-0.3, -0.25) is 9.98 Å². The second-order valence-electron chi connectivity index (χ2n) is 3.28. The Balaban J connectivity index is 2.22. The smallest absolute Gasteiger partial charge is 0.0676 e. The average molecular weight is 183 g/mol. The third-order valence-corrected chi connectivity index (χ3v) is 2.45. The number of hydrogen-bond acceptors (Lipinski definition) is 3. The molecule has 3 heterocycles. The molecule has 0 fully saturated rings. The van der Waals surface area contributed by atoms with Gasteiger partial charge in [-0.15, -0.1) is 0 Å². The molecule has 0 atom stereocenters. The summed E-state index contributed by atoms with van der Waals surface area (Å²) in [6.45, 7) is 0.851. The van der Waals surface area contributed by atoms with E-state index >= 15 is 0 Å². The van der Waals surface area contributed by atoms with Gasteiger partial charge in [0.25, 0.3) is 0 Å². The minimum Gasteiger partial charge on any atom is -0.341 e. The van der Waals surface area contributed by atoms with E-state index in [4.69, 9.17) is 0 Å². The van der Waals surface area contributed by atoms with E-state index in [2.05, 4.69) is 27.2 Å². The molecule has 3 heteroatoms. The molecule has 14 heavy (non-hydrogen) atoms. The summed E-state index contributed by atoms with van der Waals surface area (Å²) in [5.41, 5.74) is 3.53. The number of aromatic nitrogens is 1. The van der Waals surface area contributed by atoms with Crippen LogP contribution in [0.2, 0.25) is 0 Å². The van der Waals surface area contributed by atoms with Crippen molar-refractivity contribution in [3.63, 3.8) is 0 Å². The first-order valence-corrected chi connectivity index (χ1v) is 4.56. The molecular weight excluding hydrogens is 174 g/mol. The highest BCUT2D eigenvalue weighted by atomic mass is 15.1. The first-order chi connectivity index (χ1) is 6.95. The second kappa shape index (κ2) is 2.80. The van der Waals surface area contributed by atoms with Crippen molar-refractivity contribution in [3.8, 4) is 0 Å². The lowest BCUT2D eigenvalue weighted by Gasteiger charge is -2.28. The van der Waals surface area contributed by atoms with Crippen LogP contribution < -0.4 is 0 Å². The lowest BCUT2D eigenvalue weighted by Crippen LogP contribution is -2.23. The van der Waals surface area contributed by atoms with Crippen LogP contribution in [0.15, 0.2) is 35.9 Å². The third-order valence-electron chi connectivity index (χ3n) is 2.45. The Labute approximate surface area is 82.1 Å². The van der Waals surface area contributed by atoms with E-state index < -0.39 is 0 Å². The molecule has 0 amide bonds. The summed E-state index contributed by atoms with van der Waals surface area (Å²) in [7, 11) is 0. The van der Waals surface area contributed by atoms with E-state index in [0.29, 0.717) is 0 Å². The number of hydrogen-bond donors (Lipinski definition) is 0. The molecule has 0 saturated carbocycles. The fraction of sp³-hybridized carbons (Fsp3) is 0.0909. The highest BCUT2D eigenvalue weighted by molar-refractivity contribution is 5.81. The molecular formula is C11H9N3. The van der Waals surface area contributed by atoms with Crippen LogP contribution in [-0.4, -0.2) is 22.6 Å².